The zero-order chi connectivity index (χ0) is 13.9. The molecule has 1 atom stereocenters. The Labute approximate surface area is 116 Å². The van der Waals surface area contributed by atoms with Crippen molar-refractivity contribution in [1.29, 1.82) is 5.26 Å². The van der Waals surface area contributed by atoms with E-state index in [1.807, 2.05) is 12.1 Å². The minimum atomic E-state index is 0.643. The van der Waals surface area contributed by atoms with Gasteiger partial charge in [-0.25, -0.2) is 0 Å². The van der Waals surface area contributed by atoms with Gasteiger partial charge in [0.2, 0.25) is 0 Å². The molecule has 1 unspecified atom stereocenters. The third kappa shape index (κ3) is 6.83. The number of hydrogen-bond acceptors (Lipinski definition) is 3. The topological polar surface area (TPSA) is 42.2 Å². The lowest BCUT2D eigenvalue weighted by atomic mass is 10.1. The van der Waals surface area contributed by atoms with E-state index in [2.05, 4.69) is 19.9 Å². The van der Waals surface area contributed by atoms with Gasteiger partial charge in [0.25, 0.3) is 0 Å². The van der Waals surface area contributed by atoms with Gasteiger partial charge in [-0.2, -0.15) is 5.26 Å². The molecule has 0 aliphatic heterocycles. The van der Waals surface area contributed by atoms with Gasteiger partial charge in [-0.1, -0.05) is 20.3 Å². The van der Waals surface area contributed by atoms with Gasteiger partial charge in [-0.3, -0.25) is 0 Å². The zero-order valence-electron chi connectivity index (χ0n) is 11.9. The highest BCUT2D eigenvalue weighted by molar-refractivity contribution is 5.34. The molecular formula is C16H23NO2. The Kier molecular flexibility index (Phi) is 7.69. The summed E-state index contributed by atoms with van der Waals surface area (Å²) in [5, 5.41) is 8.68. The average molecular weight is 261 g/mol. The van der Waals surface area contributed by atoms with Crippen molar-refractivity contribution in [2.75, 3.05) is 19.8 Å². The van der Waals surface area contributed by atoms with Crippen LogP contribution < -0.4 is 4.74 Å². The molecule has 104 valence electrons. The van der Waals surface area contributed by atoms with Gasteiger partial charge in [0.05, 0.1) is 18.2 Å². The third-order valence-electron chi connectivity index (χ3n) is 2.87. The first-order chi connectivity index (χ1) is 9.26. The second kappa shape index (κ2) is 9.41. The lowest BCUT2D eigenvalue weighted by molar-refractivity contribution is 0.0910. The molecule has 0 fully saturated rings. The van der Waals surface area contributed by atoms with Crippen LogP contribution in [0.25, 0.3) is 0 Å². The minimum Gasteiger partial charge on any atom is -0.494 e. The standard InChI is InChI=1S/C16H23NO2/c1-3-5-14(2)13-18-10-4-11-19-16-8-6-15(12-17)7-9-16/h6-9,14H,3-5,10-11,13H2,1-2H3. The number of benzene rings is 1. The van der Waals surface area contributed by atoms with E-state index < -0.39 is 0 Å². The fourth-order valence-corrected chi connectivity index (χ4v) is 1.84. The monoisotopic (exact) mass is 261 g/mol. The van der Waals surface area contributed by atoms with Crippen molar-refractivity contribution in [1.82, 2.24) is 0 Å². The van der Waals surface area contributed by atoms with E-state index in [1.54, 1.807) is 12.1 Å². The van der Waals surface area contributed by atoms with Crippen molar-refractivity contribution in [3.8, 4) is 11.8 Å². The fourth-order valence-electron chi connectivity index (χ4n) is 1.84. The van der Waals surface area contributed by atoms with E-state index in [9.17, 15) is 0 Å². The van der Waals surface area contributed by atoms with Crippen LogP contribution >= 0.6 is 0 Å². The summed E-state index contributed by atoms with van der Waals surface area (Å²) in [4.78, 5) is 0. The van der Waals surface area contributed by atoms with Gasteiger partial charge in [0.15, 0.2) is 0 Å². The molecule has 0 aromatic heterocycles. The number of hydrogen-bond donors (Lipinski definition) is 0. The molecule has 3 heteroatoms. The lowest BCUT2D eigenvalue weighted by Gasteiger charge is -2.11. The first kappa shape index (κ1) is 15.5. The Bertz CT molecular complexity index is 381. The van der Waals surface area contributed by atoms with Crippen LogP contribution in [-0.2, 0) is 4.74 Å². The molecule has 0 bridgehead atoms. The smallest absolute Gasteiger partial charge is 0.119 e. The Morgan fingerprint density at radius 2 is 1.95 bits per heavy atom. The number of ether oxygens (including phenoxy) is 2. The summed E-state index contributed by atoms with van der Waals surface area (Å²) in [6.07, 6.45) is 3.33. The quantitative estimate of drug-likeness (QED) is 0.635. The van der Waals surface area contributed by atoms with Gasteiger partial charge >= 0.3 is 0 Å². The summed E-state index contributed by atoms with van der Waals surface area (Å²) in [5.41, 5.74) is 0.653. The molecule has 0 heterocycles. The minimum absolute atomic E-state index is 0.643. The van der Waals surface area contributed by atoms with Gasteiger partial charge < -0.3 is 9.47 Å². The molecule has 1 aromatic carbocycles. The summed E-state index contributed by atoms with van der Waals surface area (Å²) in [7, 11) is 0. The molecule has 0 radical (unpaired) electrons. The van der Waals surface area contributed by atoms with Gasteiger partial charge in [-0.05, 0) is 36.6 Å². The van der Waals surface area contributed by atoms with E-state index in [0.717, 1.165) is 25.4 Å². The zero-order valence-corrected chi connectivity index (χ0v) is 11.9. The van der Waals surface area contributed by atoms with E-state index in [4.69, 9.17) is 14.7 Å². The van der Waals surface area contributed by atoms with Gasteiger partial charge in [0.1, 0.15) is 5.75 Å². The Balaban J connectivity index is 2.06. The summed E-state index contributed by atoms with van der Waals surface area (Å²) < 4.78 is 11.2. The van der Waals surface area contributed by atoms with E-state index >= 15 is 0 Å². The Morgan fingerprint density at radius 3 is 2.58 bits per heavy atom. The molecule has 0 saturated heterocycles. The van der Waals surface area contributed by atoms with Crippen LogP contribution in [-0.4, -0.2) is 19.8 Å². The van der Waals surface area contributed by atoms with Crippen LogP contribution in [0.4, 0.5) is 0 Å². The molecule has 0 amide bonds. The second-order valence-corrected chi connectivity index (χ2v) is 4.81. The van der Waals surface area contributed by atoms with E-state index in [1.165, 1.54) is 12.8 Å². The van der Waals surface area contributed by atoms with Crippen molar-refractivity contribution in [3.63, 3.8) is 0 Å². The molecule has 0 aliphatic rings. The van der Waals surface area contributed by atoms with Crippen LogP contribution in [0.3, 0.4) is 0 Å². The summed E-state index contributed by atoms with van der Waals surface area (Å²) in [6, 6.07) is 9.25. The molecule has 1 rings (SSSR count). The predicted octanol–water partition coefficient (Wildman–Crippen LogP) is 3.78. The van der Waals surface area contributed by atoms with Crippen molar-refractivity contribution >= 4 is 0 Å². The van der Waals surface area contributed by atoms with Crippen LogP contribution in [0.5, 0.6) is 5.75 Å². The molecule has 19 heavy (non-hydrogen) atoms. The fraction of sp³-hybridized carbons (Fsp3) is 0.562. The maximum atomic E-state index is 8.68. The van der Waals surface area contributed by atoms with Crippen LogP contribution in [0, 0.1) is 17.2 Å². The SMILES string of the molecule is CCCC(C)COCCCOc1ccc(C#N)cc1. The maximum Gasteiger partial charge on any atom is 0.119 e. The summed E-state index contributed by atoms with van der Waals surface area (Å²) in [5.74, 6) is 1.45. The molecule has 0 spiro atoms. The van der Waals surface area contributed by atoms with Crippen molar-refractivity contribution in [2.45, 2.75) is 33.1 Å². The molecule has 0 saturated carbocycles. The molecule has 1 aromatic rings. The summed E-state index contributed by atoms with van der Waals surface area (Å²) >= 11 is 0. The molecule has 3 nitrogen and oxygen atoms in total. The summed E-state index contributed by atoms with van der Waals surface area (Å²) in [6.45, 7) is 6.64. The van der Waals surface area contributed by atoms with E-state index in [0.29, 0.717) is 18.1 Å². The highest BCUT2D eigenvalue weighted by atomic mass is 16.5. The number of rotatable bonds is 9. The number of nitrogens with zero attached hydrogens (tertiary/aromatic N) is 1. The highest BCUT2D eigenvalue weighted by Gasteiger charge is 2.00. The van der Waals surface area contributed by atoms with Gasteiger partial charge in [0, 0.05) is 19.6 Å². The Hall–Kier alpha value is -1.53. The van der Waals surface area contributed by atoms with Crippen LogP contribution in [0.1, 0.15) is 38.7 Å². The molecular weight excluding hydrogens is 238 g/mol. The second-order valence-electron chi connectivity index (χ2n) is 4.81. The predicted molar refractivity (Wildman–Crippen MR) is 76.2 cm³/mol. The van der Waals surface area contributed by atoms with Crippen molar-refractivity contribution < 1.29 is 9.47 Å². The van der Waals surface area contributed by atoms with Crippen molar-refractivity contribution in [2.24, 2.45) is 5.92 Å². The van der Waals surface area contributed by atoms with Gasteiger partial charge in [-0.15, -0.1) is 0 Å². The largest absolute Gasteiger partial charge is 0.494 e. The number of nitriles is 1. The van der Waals surface area contributed by atoms with E-state index in [-0.39, 0.29) is 0 Å². The van der Waals surface area contributed by atoms with Crippen LogP contribution in [0.15, 0.2) is 24.3 Å². The molecule has 0 N–H and O–H groups in total. The molecule has 0 aliphatic carbocycles. The highest BCUT2D eigenvalue weighted by Crippen LogP contribution is 2.11. The third-order valence-corrected chi connectivity index (χ3v) is 2.87. The first-order valence-corrected chi connectivity index (χ1v) is 6.97. The first-order valence-electron chi connectivity index (χ1n) is 6.97. The average Bonchev–Trinajstić information content (AvgIpc) is 2.43. The Morgan fingerprint density at radius 1 is 1.21 bits per heavy atom. The van der Waals surface area contributed by atoms with Crippen molar-refractivity contribution in [3.05, 3.63) is 29.8 Å². The van der Waals surface area contributed by atoms with Crippen LogP contribution in [0.2, 0.25) is 0 Å². The normalized spacial score (nSPS) is 11.8. The lowest BCUT2D eigenvalue weighted by Crippen LogP contribution is -2.09. The maximum absolute atomic E-state index is 8.68.